The van der Waals surface area contributed by atoms with Crippen molar-refractivity contribution in [3.8, 4) is 0 Å². The van der Waals surface area contributed by atoms with Crippen LogP contribution in [0.25, 0.3) is 10.9 Å². The van der Waals surface area contributed by atoms with Crippen molar-refractivity contribution in [3.05, 3.63) is 63.4 Å². The molecule has 2 heterocycles. The normalized spacial score (nSPS) is 14.4. The summed E-state index contributed by atoms with van der Waals surface area (Å²) in [6, 6.07) is 13.8. The van der Waals surface area contributed by atoms with Crippen molar-refractivity contribution < 1.29 is 4.74 Å². The first kappa shape index (κ1) is 21.2. The second-order valence-corrected chi connectivity index (χ2v) is 8.74. The molecule has 1 aliphatic heterocycles. The fraction of sp³-hybridized carbons (Fsp3) is 0.391. The van der Waals surface area contributed by atoms with Gasteiger partial charge in [0.15, 0.2) is 5.16 Å². The number of fused-ring (bicyclic) bond motifs is 1. The lowest BCUT2D eigenvalue weighted by molar-refractivity contribution is 0.122. The van der Waals surface area contributed by atoms with Gasteiger partial charge in [0, 0.05) is 36.1 Å². The van der Waals surface area contributed by atoms with Crippen molar-refractivity contribution in [3.63, 3.8) is 0 Å². The Labute approximate surface area is 186 Å². The SMILES string of the molecule is CCCCn1c(SCc2ccccc2Cl)nc2ccc(N3CCOCC3)cc2c1=O. The van der Waals surface area contributed by atoms with Crippen LogP contribution in [-0.4, -0.2) is 35.9 Å². The molecule has 5 nitrogen and oxygen atoms in total. The molecule has 0 saturated carbocycles. The van der Waals surface area contributed by atoms with E-state index >= 15 is 0 Å². The smallest absolute Gasteiger partial charge is 0.262 e. The van der Waals surface area contributed by atoms with Crippen LogP contribution in [0.3, 0.4) is 0 Å². The summed E-state index contributed by atoms with van der Waals surface area (Å²) in [5.74, 6) is 0.676. The molecule has 0 aliphatic carbocycles. The van der Waals surface area contributed by atoms with Gasteiger partial charge in [-0.05, 0) is 36.2 Å². The van der Waals surface area contributed by atoms with Gasteiger partial charge in [0.05, 0.1) is 24.1 Å². The first-order valence-electron chi connectivity index (χ1n) is 10.4. The number of thioether (sulfide) groups is 1. The summed E-state index contributed by atoms with van der Waals surface area (Å²) < 4.78 is 7.28. The number of hydrogen-bond donors (Lipinski definition) is 0. The van der Waals surface area contributed by atoms with E-state index in [-0.39, 0.29) is 5.56 Å². The number of halogens is 1. The first-order chi connectivity index (χ1) is 14.7. The van der Waals surface area contributed by atoms with Crippen LogP contribution in [0.2, 0.25) is 5.02 Å². The highest BCUT2D eigenvalue weighted by atomic mass is 35.5. The third kappa shape index (κ3) is 4.66. The predicted octanol–water partition coefficient (Wildman–Crippen LogP) is 4.98. The predicted molar refractivity (Wildman–Crippen MR) is 125 cm³/mol. The van der Waals surface area contributed by atoms with Crippen LogP contribution in [0.4, 0.5) is 5.69 Å². The highest BCUT2D eigenvalue weighted by Gasteiger charge is 2.16. The van der Waals surface area contributed by atoms with Gasteiger partial charge in [-0.2, -0.15) is 0 Å². The highest BCUT2D eigenvalue weighted by Crippen LogP contribution is 2.27. The van der Waals surface area contributed by atoms with Crippen LogP contribution < -0.4 is 10.5 Å². The van der Waals surface area contributed by atoms with Crippen LogP contribution in [0.1, 0.15) is 25.3 Å². The summed E-state index contributed by atoms with van der Waals surface area (Å²) in [6.07, 6.45) is 1.96. The number of ether oxygens (including phenoxy) is 1. The van der Waals surface area contributed by atoms with Crippen LogP contribution in [0.15, 0.2) is 52.4 Å². The number of nitrogens with zero attached hydrogens (tertiary/aromatic N) is 3. The summed E-state index contributed by atoms with van der Waals surface area (Å²) in [7, 11) is 0. The minimum absolute atomic E-state index is 0.0326. The van der Waals surface area contributed by atoms with Crippen LogP contribution in [0.5, 0.6) is 0 Å². The van der Waals surface area contributed by atoms with Crippen molar-refractivity contribution >= 4 is 40.0 Å². The molecule has 158 valence electrons. The summed E-state index contributed by atoms with van der Waals surface area (Å²) in [4.78, 5) is 20.5. The molecule has 30 heavy (non-hydrogen) atoms. The summed E-state index contributed by atoms with van der Waals surface area (Å²) in [5, 5.41) is 2.17. The molecule has 0 spiro atoms. The molecular formula is C23H26ClN3O2S. The zero-order chi connectivity index (χ0) is 20.9. The molecule has 0 bridgehead atoms. The standard InChI is InChI=1S/C23H26ClN3O2S/c1-2-3-10-27-22(28)19-15-18(26-11-13-29-14-12-26)8-9-21(19)25-23(27)30-16-17-6-4-5-7-20(17)24/h4-9,15H,2-3,10-14,16H2,1H3. The first-order valence-corrected chi connectivity index (χ1v) is 11.8. The molecule has 1 fully saturated rings. The monoisotopic (exact) mass is 443 g/mol. The molecule has 1 saturated heterocycles. The van der Waals surface area contributed by atoms with Gasteiger partial charge >= 0.3 is 0 Å². The van der Waals surface area contributed by atoms with E-state index in [0.29, 0.717) is 30.9 Å². The van der Waals surface area contributed by atoms with E-state index in [1.807, 2.05) is 41.0 Å². The molecule has 2 aromatic carbocycles. The molecule has 3 aromatic rings. The third-order valence-electron chi connectivity index (χ3n) is 5.33. The van der Waals surface area contributed by atoms with Gasteiger partial charge in [0.2, 0.25) is 0 Å². The van der Waals surface area contributed by atoms with Crippen LogP contribution >= 0.6 is 23.4 Å². The second kappa shape index (κ2) is 9.86. The molecule has 7 heteroatoms. The molecule has 4 rings (SSSR count). The number of rotatable bonds is 7. The maximum absolute atomic E-state index is 13.4. The Hall–Kier alpha value is -2.02. The molecule has 1 aliphatic rings. The number of benzene rings is 2. The quantitative estimate of drug-likeness (QED) is 0.380. The minimum atomic E-state index is 0.0326. The van der Waals surface area contributed by atoms with Gasteiger partial charge in [-0.1, -0.05) is 54.9 Å². The van der Waals surface area contributed by atoms with E-state index in [2.05, 4.69) is 17.9 Å². The Morgan fingerprint density at radius 3 is 2.73 bits per heavy atom. The molecule has 0 atom stereocenters. The zero-order valence-electron chi connectivity index (χ0n) is 17.1. The molecule has 1 aromatic heterocycles. The average molecular weight is 444 g/mol. The molecule has 0 N–H and O–H groups in total. The fourth-order valence-corrected chi connectivity index (χ4v) is 4.90. The van der Waals surface area contributed by atoms with E-state index in [1.165, 1.54) is 0 Å². The van der Waals surface area contributed by atoms with Gasteiger partial charge in [0.25, 0.3) is 5.56 Å². The highest BCUT2D eigenvalue weighted by molar-refractivity contribution is 7.98. The van der Waals surface area contributed by atoms with Crippen molar-refractivity contribution in [1.29, 1.82) is 0 Å². The van der Waals surface area contributed by atoms with E-state index in [4.69, 9.17) is 21.3 Å². The topological polar surface area (TPSA) is 47.4 Å². The lowest BCUT2D eigenvalue weighted by Gasteiger charge is -2.29. The van der Waals surface area contributed by atoms with Crippen molar-refractivity contribution in [1.82, 2.24) is 9.55 Å². The number of hydrogen-bond acceptors (Lipinski definition) is 5. The lowest BCUT2D eigenvalue weighted by atomic mass is 10.2. The summed E-state index contributed by atoms with van der Waals surface area (Å²) >= 11 is 7.88. The molecule has 0 radical (unpaired) electrons. The van der Waals surface area contributed by atoms with Crippen molar-refractivity contribution in [2.75, 3.05) is 31.2 Å². The number of morpholine rings is 1. The Kier molecular flexibility index (Phi) is 6.97. The van der Waals surface area contributed by atoms with Gasteiger partial charge in [-0.15, -0.1) is 0 Å². The summed E-state index contributed by atoms with van der Waals surface area (Å²) in [5.41, 5.74) is 2.88. The second-order valence-electron chi connectivity index (χ2n) is 7.39. The Bertz CT molecular complexity index is 1080. The lowest BCUT2D eigenvalue weighted by Crippen LogP contribution is -2.36. The fourth-order valence-electron chi connectivity index (χ4n) is 3.59. The molecule has 0 unspecified atom stereocenters. The van der Waals surface area contributed by atoms with E-state index < -0.39 is 0 Å². The van der Waals surface area contributed by atoms with Gasteiger partial charge in [0.1, 0.15) is 0 Å². The van der Waals surface area contributed by atoms with E-state index in [9.17, 15) is 4.79 Å². The number of unbranched alkanes of at least 4 members (excludes halogenated alkanes) is 1. The van der Waals surface area contributed by atoms with E-state index in [0.717, 1.165) is 52.9 Å². The number of anilines is 1. The van der Waals surface area contributed by atoms with Crippen molar-refractivity contribution in [2.45, 2.75) is 37.2 Å². The summed E-state index contributed by atoms with van der Waals surface area (Å²) in [6.45, 7) is 5.92. The molecular weight excluding hydrogens is 418 g/mol. The third-order valence-corrected chi connectivity index (χ3v) is 6.72. The van der Waals surface area contributed by atoms with Gasteiger partial charge < -0.3 is 9.64 Å². The minimum Gasteiger partial charge on any atom is -0.378 e. The maximum atomic E-state index is 13.4. The van der Waals surface area contributed by atoms with Crippen LogP contribution in [-0.2, 0) is 17.0 Å². The van der Waals surface area contributed by atoms with Crippen molar-refractivity contribution in [2.24, 2.45) is 0 Å². The van der Waals surface area contributed by atoms with Gasteiger partial charge in [-0.3, -0.25) is 9.36 Å². The zero-order valence-corrected chi connectivity index (χ0v) is 18.7. The van der Waals surface area contributed by atoms with E-state index in [1.54, 1.807) is 11.8 Å². The van der Waals surface area contributed by atoms with Crippen LogP contribution in [0, 0.1) is 0 Å². The Morgan fingerprint density at radius 2 is 1.97 bits per heavy atom. The van der Waals surface area contributed by atoms with Gasteiger partial charge in [-0.25, -0.2) is 4.98 Å². The Balaban J connectivity index is 1.70. The maximum Gasteiger partial charge on any atom is 0.262 e. The Morgan fingerprint density at radius 1 is 1.17 bits per heavy atom. The average Bonchev–Trinajstić information content (AvgIpc) is 2.78. The largest absolute Gasteiger partial charge is 0.378 e. The number of aromatic nitrogens is 2. The molecule has 0 amide bonds.